The Morgan fingerprint density at radius 1 is 1.00 bits per heavy atom. The standard InChI is InChI=1S/C17H18N4O2/c1-22-16-8-5-13(9-17(16)23-2)15-10-19-20-21(15)11-12-3-6-14(18)7-4-12/h3-10H,11,18H2,1-2H3. The molecular weight excluding hydrogens is 292 g/mol. The van der Waals surface area contributed by atoms with Crippen LogP contribution in [0.4, 0.5) is 5.69 Å². The highest BCUT2D eigenvalue weighted by molar-refractivity contribution is 5.63. The van der Waals surface area contributed by atoms with E-state index in [0.717, 1.165) is 22.5 Å². The largest absolute Gasteiger partial charge is 0.493 e. The Balaban J connectivity index is 1.93. The highest BCUT2D eigenvalue weighted by atomic mass is 16.5. The van der Waals surface area contributed by atoms with Crippen LogP contribution in [0.25, 0.3) is 11.3 Å². The lowest BCUT2D eigenvalue weighted by Crippen LogP contribution is -2.04. The third-order valence-electron chi connectivity index (χ3n) is 3.61. The number of benzene rings is 2. The molecule has 0 spiro atoms. The van der Waals surface area contributed by atoms with Crippen LogP contribution in [0.15, 0.2) is 48.7 Å². The monoisotopic (exact) mass is 310 g/mol. The van der Waals surface area contributed by atoms with Gasteiger partial charge in [0.2, 0.25) is 0 Å². The first kappa shape index (κ1) is 14.9. The van der Waals surface area contributed by atoms with E-state index in [-0.39, 0.29) is 0 Å². The minimum Gasteiger partial charge on any atom is -0.493 e. The Morgan fingerprint density at radius 3 is 2.43 bits per heavy atom. The number of nitrogens with two attached hydrogens (primary N) is 1. The van der Waals surface area contributed by atoms with Crippen molar-refractivity contribution in [3.63, 3.8) is 0 Å². The molecule has 0 aliphatic rings. The second-order valence-corrected chi connectivity index (χ2v) is 5.09. The molecule has 3 aromatic rings. The van der Waals surface area contributed by atoms with Gasteiger partial charge in [-0.3, -0.25) is 0 Å². The third kappa shape index (κ3) is 3.11. The SMILES string of the molecule is COc1ccc(-c2cnnn2Cc2ccc(N)cc2)cc1OC. The van der Waals surface area contributed by atoms with Gasteiger partial charge >= 0.3 is 0 Å². The second kappa shape index (κ2) is 6.39. The maximum Gasteiger partial charge on any atom is 0.161 e. The van der Waals surface area contributed by atoms with E-state index >= 15 is 0 Å². The van der Waals surface area contributed by atoms with E-state index in [0.29, 0.717) is 18.0 Å². The molecule has 23 heavy (non-hydrogen) atoms. The molecule has 2 aromatic carbocycles. The molecule has 0 aliphatic heterocycles. The quantitative estimate of drug-likeness (QED) is 0.733. The summed E-state index contributed by atoms with van der Waals surface area (Å²) in [7, 11) is 3.23. The van der Waals surface area contributed by atoms with Gasteiger partial charge in [-0.2, -0.15) is 0 Å². The number of rotatable bonds is 5. The van der Waals surface area contributed by atoms with Gasteiger partial charge in [-0.25, -0.2) is 4.68 Å². The number of hydrogen-bond donors (Lipinski definition) is 1. The molecule has 6 nitrogen and oxygen atoms in total. The van der Waals surface area contributed by atoms with Crippen LogP contribution in [0.5, 0.6) is 11.5 Å². The van der Waals surface area contributed by atoms with E-state index in [2.05, 4.69) is 10.3 Å². The first-order valence-electron chi connectivity index (χ1n) is 7.16. The van der Waals surface area contributed by atoms with Crippen LogP contribution < -0.4 is 15.2 Å². The predicted octanol–water partition coefficient (Wildman–Crippen LogP) is 2.59. The average Bonchev–Trinajstić information content (AvgIpc) is 3.04. The molecule has 6 heteroatoms. The lowest BCUT2D eigenvalue weighted by molar-refractivity contribution is 0.355. The number of anilines is 1. The molecule has 0 atom stereocenters. The minimum absolute atomic E-state index is 0.615. The van der Waals surface area contributed by atoms with E-state index < -0.39 is 0 Å². The van der Waals surface area contributed by atoms with Crippen LogP contribution >= 0.6 is 0 Å². The minimum atomic E-state index is 0.615. The van der Waals surface area contributed by atoms with E-state index in [1.807, 2.05) is 47.1 Å². The summed E-state index contributed by atoms with van der Waals surface area (Å²) in [6.07, 6.45) is 1.73. The average molecular weight is 310 g/mol. The number of hydrogen-bond acceptors (Lipinski definition) is 5. The Bertz CT molecular complexity index is 797. The van der Waals surface area contributed by atoms with Crippen LogP contribution in [-0.4, -0.2) is 29.2 Å². The van der Waals surface area contributed by atoms with Gasteiger partial charge in [0.25, 0.3) is 0 Å². The van der Waals surface area contributed by atoms with Crippen LogP contribution in [0.1, 0.15) is 5.56 Å². The summed E-state index contributed by atoms with van der Waals surface area (Å²) in [5, 5.41) is 8.20. The molecule has 3 rings (SSSR count). The van der Waals surface area contributed by atoms with Crippen molar-refractivity contribution in [2.45, 2.75) is 6.54 Å². The zero-order valence-electron chi connectivity index (χ0n) is 13.1. The molecule has 0 amide bonds. The van der Waals surface area contributed by atoms with Gasteiger partial charge in [0.15, 0.2) is 11.5 Å². The summed E-state index contributed by atoms with van der Waals surface area (Å²) >= 11 is 0. The molecule has 2 N–H and O–H groups in total. The highest BCUT2D eigenvalue weighted by Gasteiger charge is 2.11. The first-order valence-corrected chi connectivity index (χ1v) is 7.16. The van der Waals surface area contributed by atoms with Gasteiger partial charge in [0, 0.05) is 11.3 Å². The van der Waals surface area contributed by atoms with Gasteiger partial charge < -0.3 is 15.2 Å². The van der Waals surface area contributed by atoms with Gasteiger partial charge in [0.05, 0.1) is 32.7 Å². The summed E-state index contributed by atoms with van der Waals surface area (Å²) in [5.74, 6) is 1.36. The smallest absolute Gasteiger partial charge is 0.161 e. The summed E-state index contributed by atoms with van der Waals surface area (Å²) in [5.41, 5.74) is 9.43. The lowest BCUT2D eigenvalue weighted by atomic mass is 10.1. The molecule has 0 aliphatic carbocycles. The van der Waals surface area contributed by atoms with E-state index in [4.69, 9.17) is 15.2 Å². The van der Waals surface area contributed by atoms with Crippen molar-refractivity contribution in [3.8, 4) is 22.8 Å². The van der Waals surface area contributed by atoms with Crippen LogP contribution in [0, 0.1) is 0 Å². The van der Waals surface area contributed by atoms with Gasteiger partial charge in [-0.05, 0) is 35.9 Å². The van der Waals surface area contributed by atoms with Crippen molar-refractivity contribution in [1.82, 2.24) is 15.0 Å². The fourth-order valence-corrected chi connectivity index (χ4v) is 2.39. The van der Waals surface area contributed by atoms with Crippen molar-refractivity contribution in [2.75, 3.05) is 20.0 Å². The number of ether oxygens (including phenoxy) is 2. The zero-order valence-corrected chi connectivity index (χ0v) is 13.1. The van der Waals surface area contributed by atoms with Gasteiger partial charge in [-0.1, -0.05) is 17.3 Å². The molecule has 1 aromatic heterocycles. The molecule has 1 heterocycles. The number of methoxy groups -OCH3 is 2. The van der Waals surface area contributed by atoms with Crippen molar-refractivity contribution >= 4 is 5.69 Å². The third-order valence-corrected chi connectivity index (χ3v) is 3.61. The first-order chi connectivity index (χ1) is 11.2. The van der Waals surface area contributed by atoms with E-state index in [9.17, 15) is 0 Å². The predicted molar refractivity (Wildman–Crippen MR) is 88.5 cm³/mol. The summed E-state index contributed by atoms with van der Waals surface area (Å²) in [6.45, 7) is 0.615. The molecule has 0 saturated heterocycles. The summed E-state index contributed by atoms with van der Waals surface area (Å²) in [4.78, 5) is 0. The topological polar surface area (TPSA) is 75.2 Å². The second-order valence-electron chi connectivity index (χ2n) is 5.09. The van der Waals surface area contributed by atoms with E-state index in [1.54, 1.807) is 20.4 Å². The molecule has 0 bridgehead atoms. The molecular formula is C17H18N4O2. The van der Waals surface area contributed by atoms with Crippen LogP contribution in [0.2, 0.25) is 0 Å². The molecule has 0 unspecified atom stereocenters. The van der Waals surface area contributed by atoms with Crippen molar-refractivity contribution < 1.29 is 9.47 Å². The summed E-state index contributed by atoms with van der Waals surface area (Å²) < 4.78 is 12.5. The van der Waals surface area contributed by atoms with E-state index in [1.165, 1.54) is 0 Å². The number of nitrogens with zero attached hydrogens (tertiary/aromatic N) is 3. The Labute approximate surface area is 134 Å². The van der Waals surface area contributed by atoms with Gasteiger partial charge in [-0.15, -0.1) is 5.10 Å². The maximum absolute atomic E-state index is 5.72. The number of nitrogen functional groups attached to an aromatic ring is 1. The molecule has 0 radical (unpaired) electrons. The van der Waals surface area contributed by atoms with Gasteiger partial charge in [0.1, 0.15) is 0 Å². The Hall–Kier alpha value is -3.02. The highest BCUT2D eigenvalue weighted by Crippen LogP contribution is 2.32. The number of aromatic nitrogens is 3. The Kier molecular flexibility index (Phi) is 4.14. The molecule has 118 valence electrons. The fraction of sp³-hybridized carbons (Fsp3) is 0.176. The summed E-state index contributed by atoms with van der Waals surface area (Å²) in [6, 6.07) is 13.5. The van der Waals surface area contributed by atoms with Crippen LogP contribution in [-0.2, 0) is 6.54 Å². The normalized spacial score (nSPS) is 10.5. The molecule has 0 saturated carbocycles. The lowest BCUT2D eigenvalue weighted by Gasteiger charge is -2.11. The fourth-order valence-electron chi connectivity index (χ4n) is 2.39. The Morgan fingerprint density at radius 2 is 1.74 bits per heavy atom. The molecule has 0 fully saturated rings. The zero-order chi connectivity index (χ0) is 16.2. The van der Waals surface area contributed by atoms with Crippen molar-refractivity contribution in [1.29, 1.82) is 0 Å². The van der Waals surface area contributed by atoms with Crippen LogP contribution in [0.3, 0.4) is 0 Å². The maximum atomic E-state index is 5.72. The van der Waals surface area contributed by atoms with Crippen molar-refractivity contribution in [2.24, 2.45) is 0 Å². The van der Waals surface area contributed by atoms with Crippen molar-refractivity contribution in [3.05, 3.63) is 54.2 Å².